The number of nitrogens with zero attached hydrogens (tertiary/aromatic N) is 1. The van der Waals surface area contributed by atoms with Gasteiger partial charge in [-0.05, 0) is 37.5 Å². The van der Waals surface area contributed by atoms with Crippen molar-refractivity contribution in [1.29, 1.82) is 0 Å². The highest BCUT2D eigenvalue weighted by atomic mass is 35.5. The minimum Gasteiger partial charge on any atom is -0.399 e. The van der Waals surface area contributed by atoms with E-state index in [1.54, 1.807) is 6.07 Å². The van der Waals surface area contributed by atoms with E-state index in [4.69, 9.17) is 22.1 Å². The molecule has 1 unspecified atom stereocenters. The maximum atomic E-state index is 12.7. The van der Waals surface area contributed by atoms with Gasteiger partial charge in [-0.3, -0.25) is 0 Å². The van der Waals surface area contributed by atoms with Crippen LogP contribution in [0.15, 0.2) is 23.1 Å². The zero-order valence-corrected chi connectivity index (χ0v) is 13.7. The fourth-order valence-electron chi connectivity index (χ4n) is 2.40. The highest BCUT2D eigenvalue weighted by Crippen LogP contribution is 2.29. The number of hydrogen-bond acceptors (Lipinski definition) is 4. The first kappa shape index (κ1) is 16.5. The van der Waals surface area contributed by atoms with Crippen molar-refractivity contribution in [2.45, 2.75) is 37.2 Å². The lowest BCUT2D eigenvalue weighted by Crippen LogP contribution is -2.43. The predicted octanol–water partition coefficient (Wildman–Crippen LogP) is 2.50. The van der Waals surface area contributed by atoms with E-state index in [9.17, 15) is 8.42 Å². The number of halogens is 1. The molecule has 1 fully saturated rings. The van der Waals surface area contributed by atoms with Crippen molar-refractivity contribution in [3.05, 3.63) is 23.2 Å². The van der Waals surface area contributed by atoms with Crippen molar-refractivity contribution in [2.75, 3.05) is 25.4 Å². The first-order chi connectivity index (χ1) is 9.95. The maximum Gasteiger partial charge on any atom is 0.244 e. The summed E-state index contributed by atoms with van der Waals surface area (Å²) in [4.78, 5) is 0.0697. The quantitative estimate of drug-likeness (QED) is 0.841. The van der Waals surface area contributed by atoms with Crippen LogP contribution in [0.1, 0.15) is 26.2 Å². The molecule has 21 heavy (non-hydrogen) atoms. The number of ether oxygens (including phenoxy) is 1. The number of rotatable bonds is 5. The van der Waals surface area contributed by atoms with Gasteiger partial charge >= 0.3 is 0 Å². The lowest BCUT2D eigenvalue weighted by atomic mass is 10.1. The molecule has 1 aliphatic heterocycles. The summed E-state index contributed by atoms with van der Waals surface area (Å²) in [5.41, 5.74) is 6.06. The largest absolute Gasteiger partial charge is 0.399 e. The summed E-state index contributed by atoms with van der Waals surface area (Å²) in [6.07, 6.45) is 2.54. The molecule has 0 aromatic heterocycles. The van der Waals surface area contributed by atoms with Crippen LogP contribution in [0.3, 0.4) is 0 Å². The van der Waals surface area contributed by atoms with E-state index >= 15 is 0 Å². The molecule has 0 spiro atoms. The number of hydrogen-bond donors (Lipinski definition) is 1. The van der Waals surface area contributed by atoms with Gasteiger partial charge in [0.15, 0.2) is 0 Å². The van der Waals surface area contributed by atoms with Crippen LogP contribution in [0.25, 0.3) is 0 Å². The Hall–Kier alpha value is -0.820. The Kier molecular flexibility index (Phi) is 5.48. The highest BCUT2D eigenvalue weighted by molar-refractivity contribution is 7.89. The summed E-state index contributed by atoms with van der Waals surface area (Å²) >= 11 is 6.03. The molecule has 2 rings (SSSR count). The third kappa shape index (κ3) is 3.88. The standard InChI is InChI=1S/C14H21ClN2O3S/c1-2-8-20-12-4-3-7-17(10-12)21(18,19)14-9-11(16)5-6-13(14)15/h5-6,9,12H,2-4,7-8,10,16H2,1H3. The van der Waals surface area contributed by atoms with Crippen LogP contribution < -0.4 is 5.73 Å². The third-order valence-corrected chi connectivity index (χ3v) is 5.82. The Labute approximate surface area is 131 Å². The third-order valence-electron chi connectivity index (χ3n) is 3.47. The van der Waals surface area contributed by atoms with Crippen LogP contribution in [-0.2, 0) is 14.8 Å². The molecule has 1 aromatic carbocycles. The number of nitrogen functional groups attached to an aromatic ring is 1. The van der Waals surface area contributed by atoms with Crippen molar-refractivity contribution in [3.8, 4) is 0 Å². The fourth-order valence-corrected chi connectivity index (χ4v) is 4.42. The van der Waals surface area contributed by atoms with Gasteiger partial charge in [0.05, 0.1) is 11.1 Å². The van der Waals surface area contributed by atoms with Gasteiger partial charge in [-0.25, -0.2) is 8.42 Å². The van der Waals surface area contributed by atoms with Crippen LogP contribution in [0.2, 0.25) is 5.02 Å². The van der Waals surface area contributed by atoms with Crippen LogP contribution >= 0.6 is 11.6 Å². The lowest BCUT2D eigenvalue weighted by molar-refractivity contribution is 0.0193. The molecule has 0 bridgehead atoms. The molecule has 1 aromatic rings. The monoisotopic (exact) mass is 332 g/mol. The van der Waals surface area contributed by atoms with E-state index in [2.05, 4.69) is 0 Å². The average molecular weight is 333 g/mol. The predicted molar refractivity (Wildman–Crippen MR) is 83.9 cm³/mol. The van der Waals surface area contributed by atoms with E-state index in [1.165, 1.54) is 16.4 Å². The first-order valence-corrected chi connectivity index (χ1v) is 8.93. The summed E-state index contributed by atoms with van der Waals surface area (Å²) in [6.45, 7) is 3.54. The van der Waals surface area contributed by atoms with Gasteiger partial charge in [0, 0.05) is 25.4 Å². The Balaban J connectivity index is 2.20. The number of anilines is 1. The summed E-state index contributed by atoms with van der Waals surface area (Å²) in [7, 11) is -3.63. The molecular weight excluding hydrogens is 312 g/mol. The minimum atomic E-state index is -3.63. The van der Waals surface area contributed by atoms with Crippen LogP contribution in [-0.4, -0.2) is 38.5 Å². The summed E-state index contributed by atoms with van der Waals surface area (Å²) in [6, 6.07) is 4.51. The normalized spacial score (nSPS) is 20.6. The van der Waals surface area contributed by atoms with Gasteiger partial charge in [-0.2, -0.15) is 4.31 Å². The maximum absolute atomic E-state index is 12.7. The summed E-state index contributed by atoms with van der Waals surface area (Å²) in [5.74, 6) is 0. The van der Waals surface area contributed by atoms with Crippen molar-refractivity contribution in [1.82, 2.24) is 4.31 Å². The molecule has 0 saturated carbocycles. The highest BCUT2D eigenvalue weighted by Gasteiger charge is 2.32. The smallest absolute Gasteiger partial charge is 0.244 e. The Morgan fingerprint density at radius 3 is 2.95 bits per heavy atom. The molecule has 0 aliphatic carbocycles. The summed E-state index contributed by atoms with van der Waals surface area (Å²) in [5, 5.41) is 0.195. The van der Waals surface area contributed by atoms with Crippen molar-refractivity contribution < 1.29 is 13.2 Å². The first-order valence-electron chi connectivity index (χ1n) is 7.12. The Morgan fingerprint density at radius 1 is 1.48 bits per heavy atom. The zero-order chi connectivity index (χ0) is 15.5. The number of sulfonamides is 1. The minimum absolute atomic E-state index is 0.0479. The van der Waals surface area contributed by atoms with E-state index in [-0.39, 0.29) is 16.0 Å². The van der Waals surface area contributed by atoms with Gasteiger partial charge in [-0.15, -0.1) is 0 Å². The molecule has 7 heteroatoms. The van der Waals surface area contributed by atoms with Crippen LogP contribution in [0.5, 0.6) is 0 Å². The number of benzene rings is 1. The molecule has 118 valence electrons. The lowest BCUT2D eigenvalue weighted by Gasteiger charge is -2.32. The molecule has 1 atom stereocenters. The van der Waals surface area contributed by atoms with E-state index in [1.807, 2.05) is 6.92 Å². The molecule has 1 aliphatic rings. The van der Waals surface area contributed by atoms with E-state index < -0.39 is 10.0 Å². The number of piperidine rings is 1. The van der Waals surface area contributed by atoms with Gasteiger partial charge < -0.3 is 10.5 Å². The van der Waals surface area contributed by atoms with Crippen LogP contribution in [0, 0.1) is 0 Å². The second-order valence-corrected chi connectivity index (χ2v) is 7.50. The second kappa shape index (κ2) is 6.96. The fraction of sp³-hybridized carbons (Fsp3) is 0.571. The van der Waals surface area contributed by atoms with Gasteiger partial charge in [0.2, 0.25) is 10.0 Å². The Morgan fingerprint density at radius 2 is 2.24 bits per heavy atom. The summed E-state index contributed by atoms with van der Waals surface area (Å²) < 4.78 is 32.5. The molecule has 1 heterocycles. The molecule has 0 amide bonds. The van der Waals surface area contributed by atoms with Crippen molar-refractivity contribution in [2.24, 2.45) is 0 Å². The van der Waals surface area contributed by atoms with E-state index in [0.29, 0.717) is 25.4 Å². The topological polar surface area (TPSA) is 72.6 Å². The van der Waals surface area contributed by atoms with E-state index in [0.717, 1.165) is 19.3 Å². The van der Waals surface area contributed by atoms with Crippen molar-refractivity contribution in [3.63, 3.8) is 0 Å². The Bertz CT molecular complexity index is 592. The second-order valence-electron chi connectivity index (χ2n) is 5.19. The molecule has 5 nitrogen and oxygen atoms in total. The molecule has 0 radical (unpaired) electrons. The van der Waals surface area contributed by atoms with Gasteiger partial charge in [0.1, 0.15) is 4.90 Å². The molecule has 1 saturated heterocycles. The average Bonchev–Trinajstić information content (AvgIpc) is 2.48. The SMILES string of the molecule is CCCOC1CCCN(S(=O)(=O)c2cc(N)ccc2Cl)C1. The number of nitrogens with two attached hydrogens (primary N) is 1. The zero-order valence-electron chi connectivity index (χ0n) is 12.1. The van der Waals surface area contributed by atoms with Gasteiger partial charge in [-0.1, -0.05) is 18.5 Å². The van der Waals surface area contributed by atoms with Crippen molar-refractivity contribution >= 4 is 27.3 Å². The molecule has 2 N–H and O–H groups in total. The van der Waals surface area contributed by atoms with Gasteiger partial charge in [0.25, 0.3) is 0 Å². The van der Waals surface area contributed by atoms with Crippen LogP contribution in [0.4, 0.5) is 5.69 Å². The molecular formula is C14H21ClN2O3S.